The molecule has 0 radical (unpaired) electrons. The van der Waals surface area contributed by atoms with Gasteiger partial charge in [0.25, 0.3) is 0 Å². The summed E-state index contributed by atoms with van der Waals surface area (Å²) in [5, 5.41) is 3.05. The molecule has 4 heteroatoms. The monoisotopic (exact) mass is 237 g/mol. The van der Waals surface area contributed by atoms with Crippen molar-refractivity contribution in [2.24, 2.45) is 5.41 Å². The maximum atomic E-state index is 5.75. The number of rotatable bonds is 4. The van der Waals surface area contributed by atoms with Crippen LogP contribution < -0.4 is 10.1 Å². The fourth-order valence-electron chi connectivity index (χ4n) is 1.44. The molecule has 0 atom stereocenters. The number of aromatic nitrogens is 2. The van der Waals surface area contributed by atoms with Crippen molar-refractivity contribution in [3.63, 3.8) is 0 Å². The van der Waals surface area contributed by atoms with Gasteiger partial charge >= 0.3 is 0 Å². The average Bonchev–Trinajstić information content (AvgIpc) is 2.20. The first-order valence-electron chi connectivity index (χ1n) is 5.99. The van der Waals surface area contributed by atoms with E-state index in [0.29, 0.717) is 12.5 Å². The summed E-state index contributed by atoms with van der Waals surface area (Å²) in [5.74, 6) is 2.25. The maximum Gasteiger partial charge on any atom is 0.221 e. The third-order valence-electron chi connectivity index (χ3n) is 2.54. The van der Waals surface area contributed by atoms with Gasteiger partial charge in [-0.3, -0.25) is 0 Å². The maximum absolute atomic E-state index is 5.75. The van der Waals surface area contributed by atoms with Crippen molar-refractivity contribution in [1.29, 1.82) is 0 Å². The fourth-order valence-corrected chi connectivity index (χ4v) is 1.44. The van der Waals surface area contributed by atoms with Gasteiger partial charge in [-0.05, 0) is 25.7 Å². The normalized spacial score (nSPS) is 11.4. The average molecular weight is 237 g/mol. The summed E-state index contributed by atoms with van der Waals surface area (Å²) in [6.45, 7) is 11.1. The molecule has 0 bridgehead atoms. The summed E-state index contributed by atoms with van der Waals surface area (Å²) in [6.07, 6.45) is 1.00. The molecule has 0 saturated heterocycles. The van der Waals surface area contributed by atoms with E-state index in [9.17, 15) is 0 Å². The van der Waals surface area contributed by atoms with Gasteiger partial charge in [0.05, 0.1) is 12.2 Å². The summed E-state index contributed by atoms with van der Waals surface area (Å²) in [4.78, 5) is 8.63. The molecule has 4 nitrogen and oxygen atoms in total. The van der Waals surface area contributed by atoms with E-state index in [-0.39, 0.29) is 5.41 Å². The van der Waals surface area contributed by atoms with E-state index in [4.69, 9.17) is 4.74 Å². The van der Waals surface area contributed by atoms with Crippen molar-refractivity contribution in [3.05, 3.63) is 11.4 Å². The van der Waals surface area contributed by atoms with Crippen molar-refractivity contribution < 1.29 is 4.74 Å². The first-order valence-corrected chi connectivity index (χ1v) is 5.99. The van der Waals surface area contributed by atoms with E-state index in [1.165, 1.54) is 0 Å². The lowest BCUT2D eigenvalue weighted by Crippen LogP contribution is -2.13. The molecule has 0 aromatic carbocycles. The molecular weight excluding hydrogens is 214 g/mol. The number of ether oxygens (including phenoxy) is 1. The summed E-state index contributed by atoms with van der Waals surface area (Å²) in [5.41, 5.74) is 1.24. The molecule has 96 valence electrons. The van der Waals surface area contributed by atoms with Crippen molar-refractivity contribution in [1.82, 2.24) is 9.97 Å². The number of anilines is 1. The fraction of sp³-hybridized carbons (Fsp3) is 0.692. The molecule has 1 aromatic rings. The Hall–Kier alpha value is -1.32. The lowest BCUT2D eigenvalue weighted by Gasteiger charge is -2.18. The Morgan fingerprint density at radius 3 is 2.35 bits per heavy atom. The first kappa shape index (κ1) is 13.7. The van der Waals surface area contributed by atoms with Gasteiger partial charge in [-0.1, -0.05) is 20.8 Å². The molecule has 17 heavy (non-hydrogen) atoms. The second kappa shape index (κ2) is 5.34. The first-order chi connectivity index (χ1) is 7.83. The molecule has 0 aliphatic rings. The Balaban J connectivity index is 2.74. The van der Waals surface area contributed by atoms with Gasteiger partial charge in [-0.2, -0.15) is 4.98 Å². The van der Waals surface area contributed by atoms with Gasteiger partial charge in [-0.15, -0.1) is 0 Å². The van der Waals surface area contributed by atoms with E-state index in [0.717, 1.165) is 23.6 Å². The minimum absolute atomic E-state index is 0.280. The number of hydrogen-bond donors (Lipinski definition) is 1. The second-order valence-corrected chi connectivity index (χ2v) is 5.46. The van der Waals surface area contributed by atoms with E-state index in [1.807, 2.05) is 20.9 Å². The predicted molar refractivity (Wildman–Crippen MR) is 70.6 cm³/mol. The molecule has 0 unspecified atom stereocenters. The molecular formula is C13H23N3O. The molecule has 0 aliphatic heterocycles. The summed E-state index contributed by atoms with van der Waals surface area (Å²) in [6, 6.07) is 0. The van der Waals surface area contributed by atoms with Gasteiger partial charge in [0.15, 0.2) is 0 Å². The van der Waals surface area contributed by atoms with Crippen molar-refractivity contribution in [2.75, 3.05) is 19.0 Å². The van der Waals surface area contributed by atoms with Gasteiger partial charge in [0, 0.05) is 7.05 Å². The van der Waals surface area contributed by atoms with Crippen LogP contribution in [-0.2, 0) is 0 Å². The van der Waals surface area contributed by atoms with Crippen LogP contribution in [0.2, 0.25) is 0 Å². The van der Waals surface area contributed by atoms with Crippen LogP contribution in [0, 0.1) is 19.3 Å². The molecule has 1 rings (SSSR count). The third kappa shape index (κ3) is 4.21. The van der Waals surface area contributed by atoms with Gasteiger partial charge in [0.2, 0.25) is 5.88 Å². The van der Waals surface area contributed by atoms with Gasteiger partial charge in [-0.25, -0.2) is 4.98 Å². The highest BCUT2D eigenvalue weighted by molar-refractivity contribution is 5.47. The zero-order chi connectivity index (χ0) is 13.1. The Morgan fingerprint density at radius 2 is 1.82 bits per heavy atom. The zero-order valence-corrected chi connectivity index (χ0v) is 11.7. The Labute approximate surface area is 104 Å². The van der Waals surface area contributed by atoms with Crippen LogP contribution in [0.3, 0.4) is 0 Å². The number of aryl methyl sites for hydroxylation is 1. The highest BCUT2D eigenvalue weighted by Gasteiger charge is 2.13. The standard InChI is InChI=1S/C13H23N3O/c1-9-11(14-6)15-10(2)16-12(9)17-8-7-13(3,4)5/h7-8H2,1-6H3,(H,14,15,16). The van der Waals surface area contributed by atoms with Crippen molar-refractivity contribution in [2.45, 2.75) is 41.0 Å². The van der Waals surface area contributed by atoms with Gasteiger partial charge < -0.3 is 10.1 Å². The minimum Gasteiger partial charge on any atom is -0.477 e. The van der Waals surface area contributed by atoms with Crippen LogP contribution in [0.15, 0.2) is 0 Å². The molecule has 0 amide bonds. The molecule has 0 spiro atoms. The molecule has 0 aliphatic carbocycles. The number of hydrogen-bond acceptors (Lipinski definition) is 4. The van der Waals surface area contributed by atoms with E-state index < -0.39 is 0 Å². The molecule has 1 heterocycles. The molecule has 0 fully saturated rings. The predicted octanol–water partition coefficient (Wildman–Crippen LogP) is 2.95. The van der Waals surface area contributed by atoms with E-state index in [2.05, 4.69) is 36.1 Å². The quantitative estimate of drug-likeness (QED) is 0.874. The van der Waals surface area contributed by atoms with Crippen molar-refractivity contribution >= 4 is 5.82 Å². The Kier molecular flexibility index (Phi) is 4.32. The van der Waals surface area contributed by atoms with Crippen LogP contribution in [-0.4, -0.2) is 23.6 Å². The minimum atomic E-state index is 0.280. The largest absolute Gasteiger partial charge is 0.477 e. The van der Waals surface area contributed by atoms with Gasteiger partial charge in [0.1, 0.15) is 11.6 Å². The van der Waals surface area contributed by atoms with E-state index in [1.54, 1.807) is 0 Å². The van der Waals surface area contributed by atoms with E-state index >= 15 is 0 Å². The van der Waals surface area contributed by atoms with Crippen LogP contribution >= 0.6 is 0 Å². The van der Waals surface area contributed by atoms with Crippen LogP contribution in [0.5, 0.6) is 5.88 Å². The lowest BCUT2D eigenvalue weighted by molar-refractivity contribution is 0.234. The van der Waals surface area contributed by atoms with Crippen molar-refractivity contribution in [3.8, 4) is 5.88 Å². The highest BCUT2D eigenvalue weighted by atomic mass is 16.5. The third-order valence-corrected chi connectivity index (χ3v) is 2.54. The van der Waals surface area contributed by atoms with Crippen LogP contribution in [0.4, 0.5) is 5.82 Å². The van der Waals surface area contributed by atoms with Crippen LogP contribution in [0.1, 0.15) is 38.6 Å². The summed E-state index contributed by atoms with van der Waals surface area (Å²) < 4.78 is 5.75. The second-order valence-electron chi connectivity index (χ2n) is 5.46. The SMILES string of the molecule is CNc1nc(C)nc(OCCC(C)(C)C)c1C. The number of nitrogens with one attached hydrogen (secondary N) is 1. The molecule has 1 aromatic heterocycles. The smallest absolute Gasteiger partial charge is 0.221 e. The summed E-state index contributed by atoms with van der Waals surface area (Å²) in [7, 11) is 1.85. The number of nitrogens with zero attached hydrogens (tertiary/aromatic N) is 2. The molecule has 0 saturated carbocycles. The Bertz CT molecular complexity index is 383. The molecule has 1 N–H and O–H groups in total. The van der Waals surface area contributed by atoms with Crippen LogP contribution in [0.25, 0.3) is 0 Å². The summed E-state index contributed by atoms with van der Waals surface area (Å²) >= 11 is 0. The topological polar surface area (TPSA) is 47.0 Å². The lowest BCUT2D eigenvalue weighted by atomic mass is 9.93. The highest BCUT2D eigenvalue weighted by Crippen LogP contribution is 2.23. The zero-order valence-electron chi connectivity index (χ0n) is 11.7. The Morgan fingerprint density at radius 1 is 1.18 bits per heavy atom.